The molecule has 132 valence electrons. The lowest BCUT2D eigenvalue weighted by atomic mass is 9.74. The molecular formula is C20H24N2O3. The van der Waals surface area contributed by atoms with Gasteiger partial charge in [0.1, 0.15) is 5.75 Å². The Morgan fingerprint density at radius 2 is 1.92 bits per heavy atom. The summed E-state index contributed by atoms with van der Waals surface area (Å²) in [5, 5.41) is 0. The number of piperidine rings is 1. The number of hydrogen-bond donors (Lipinski definition) is 0. The third-order valence-electron chi connectivity index (χ3n) is 6.02. The summed E-state index contributed by atoms with van der Waals surface area (Å²) in [6.45, 7) is 6.96. The molecule has 0 aromatic heterocycles. The zero-order valence-electron chi connectivity index (χ0n) is 14.4. The van der Waals surface area contributed by atoms with Crippen molar-refractivity contribution in [3.63, 3.8) is 0 Å². The molecule has 4 rings (SSSR count). The van der Waals surface area contributed by atoms with Gasteiger partial charge in [-0.15, -0.1) is 0 Å². The molecule has 1 atom stereocenters. The summed E-state index contributed by atoms with van der Waals surface area (Å²) in [6.07, 6.45) is 3.97. The summed E-state index contributed by atoms with van der Waals surface area (Å²) in [5.41, 5.74) is 1.36. The first-order valence-electron chi connectivity index (χ1n) is 9.05. The van der Waals surface area contributed by atoms with E-state index in [1.807, 2.05) is 17.0 Å². The maximum absolute atomic E-state index is 12.8. The first-order chi connectivity index (χ1) is 12.1. The number of carbonyl (C=O) groups excluding carboxylic acids is 2. The average molecular weight is 340 g/mol. The Balaban J connectivity index is 1.39. The molecule has 3 aliphatic rings. The second-order valence-corrected chi connectivity index (χ2v) is 7.36. The van der Waals surface area contributed by atoms with Crippen LogP contribution < -0.4 is 4.74 Å². The molecule has 1 aromatic carbocycles. The van der Waals surface area contributed by atoms with Gasteiger partial charge in [0.2, 0.25) is 11.8 Å². The number of ether oxygens (including phenoxy) is 1. The minimum atomic E-state index is -0.0763. The van der Waals surface area contributed by atoms with Crippen LogP contribution in [-0.4, -0.2) is 54.4 Å². The van der Waals surface area contributed by atoms with Gasteiger partial charge < -0.3 is 14.5 Å². The molecule has 2 amide bonds. The second-order valence-electron chi connectivity index (χ2n) is 7.36. The van der Waals surface area contributed by atoms with Crippen LogP contribution in [-0.2, 0) is 15.0 Å². The number of likely N-dealkylation sites (tertiary alicyclic amines) is 2. The highest BCUT2D eigenvalue weighted by molar-refractivity contribution is 5.88. The Kier molecular flexibility index (Phi) is 4.02. The number of hydrogen-bond acceptors (Lipinski definition) is 3. The number of para-hydroxylation sites is 1. The van der Waals surface area contributed by atoms with E-state index in [0.29, 0.717) is 13.1 Å². The predicted molar refractivity (Wildman–Crippen MR) is 94.3 cm³/mol. The summed E-state index contributed by atoms with van der Waals surface area (Å²) in [5.74, 6) is 1.05. The van der Waals surface area contributed by atoms with Crippen molar-refractivity contribution in [3.8, 4) is 5.75 Å². The monoisotopic (exact) mass is 340 g/mol. The summed E-state index contributed by atoms with van der Waals surface area (Å²) in [7, 11) is 0. The van der Waals surface area contributed by atoms with Crippen LogP contribution in [0.3, 0.4) is 0 Å². The van der Waals surface area contributed by atoms with Gasteiger partial charge in [0.15, 0.2) is 0 Å². The van der Waals surface area contributed by atoms with Crippen molar-refractivity contribution in [1.29, 1.82) is 0 Å². The SMILES string of the molecule is C=CC(=O)N1CCC(C(=O)N2CCC3(CC2)COc2ccccc23)C1. The number of nitrogens with zero attached hydrogens (tertiary/aromatic N) is 2. The molecule has 25 heavy (non-hydrogen) atoms. The summed E-state index contributed by atoms with van der Waals surface area (Å²) in [4.78, 5) is 28.3. The van der Waals surface area contributed by atoms with Crippen LogP contribution >= 0.6 is 0 Å². The zero-order chi connectivity index (χ0) is 17.4. The van der Waals surface area contributed by atoms with E-state index in [1.165, 1.54) is 11.6 Å². The van der Waals surface area contributed by atoms with Gasteiger partial charge in [0, 0.05) is 37.2 Å². The largest absolute Gasteiger partial charge is 0.492 e. The third-order valence-corrected chi connectivity index (χ3v) is 6.02. The fraction of sp³-hybridized carbons (Fsp3) is 0.500. The van der Waals surface area contributed by atoms with Crippen molar-refractivity contribution < 1.29 is 14.3 Å². The molecule has 0 saturated carbocycles. The van der Waals surface area contributed by atoms with Crippen molar-refractivity contribution in [1.82, 2.24) is 9.80 Å². The molecule has 2 fully saturated rings. The van der Waals surface area contributed by atoms with Crippen LogP contribution in [0.4, 0.5) is 0 Å². The topological polar surface area (TPSA) is 49.9 Å². The van der Waals surface area contributed by atoms with Crippen LogP contribution in [0.5, 0.6) is 5.75 Å². The van der Waals surface area contributed by atoms with Crippen molar-refractivity contribution in [2.24, 2.45) is 5.92 Å². The number of carbonyl (C=O) groups is 2. The van der Waals surface area contributed by atoms with Crippen LogP contribution in [0.2, 0.25) is 0 Å². The molecule has 3 heterocycles. The van der Waals surface area contributed by atoms with Gasteiger partial charge in [-0.2, -0.15) is 0 Å². The van der Waals surface area contributed by atoms with Gasteiger partial charge in [-0.3, -0.25) is 9.59 Å². The fourth-order valence-electron chi connectivity index (χ4n) is 4.44. The number of rotatable bonds is 2. The molecule has 1 spiro atoms. The summed E-state index contributed by atoms with van der Waals surface area (Å²) < 4.78 is 5.88. The van der Waals surface area contributed by atoms with E-state index in [-0.39, 0.29) is 23.1 Å². The quantitative estimate of drug-likeness (QED) is 0.774. The molecule has 3 aliphatic heterocycles. The molecule has 5 nitrogen and oxygen atoms in total. The van der Waals surface area contributed by atoms with Gasteiger partial charge in [0.05, 0.1) is 12.5 Å². The molecule has 1 unspecified atom stereocenters. The summed E-state index contributed by atoms with van der Waals surface area (Å²) >= 11 is 0. The molecule has 0 bridgehead atoms. The molecule has 1 aromatic rings. The van der Waals surface area contributed by atoms with Gasteiger partial charge in [0.25, 0.3) is 0 Å². The standard InChI is InChI=1S/C20H24N2O3/c1-2-18(23)22-10-7-15(13-22)19(24)21-11-8-20(9-12-21)14-25-17-6-4-3-5-16(17)20/h2-6,15H,1,7-14H2. The predicted octanol–water partition coefficient (Wildman–Crippen LogP) is 1.97. The van der Waals surface area contributed by atoms with Gasteiger partial charge >= 0.3 is 0 Å². The maximum Gasteiger partial charge on any atom is 0.245 e. The molecule has 0 N–H and O–H groups in total. The first kappa shape index (κ1) is 16.2. The van der Waals surface area contributed by atoms with E-state index in [4.69, 9.17) is 4.74 Å². The minimum Gasteiger partial charge on any atom is -0.492 e. The van der Waals surface area contributed by atoms with Gasteiger partial charge in [-0.25, -0.2) is 0 Å². The Morgan fingerprint density at radius 3 is 2.68 bits per heavy atom. The Labute approximate surface area is 148 Å². The van der Waals surface area contributed by atoms with Crippen molar-refractivity contribution in [2.75, 3.05) is 32.8 Å². The van der Waals surface area contributed by atoms with Crippen LogP contribution in [0.1, 0.15) is 24.8 Å². The van der Waals surface area contributed by atoms with E-state index in [2.05, 4.69) is 18.7 Å². The van der Waals surface area contributed by atoms with Gasteiger partial charge in [-0.1, -0.05) is 24.8 Å². The third kappa shape index (κ3) is 2.71. The highest BCUT2D eigenvalue weighted by atomic mass is 16.5. The lowest BCUT2D eigenvalue weighted by molar-refractivity contribution is -0.137. The van der Waals surface area contributed by atoms with E-state index < -0.39 is 0 Å². The van der Waals surface area contributed by atoms with Crippen molar-refractivity contribution in [3.05, 3.63) is 42.5 Å². The zero-order valence-corrected chi connectivity index (χ0v) is 14.4. The molecular weight excluding hydrogens is 316 g/mol. The second kappa shape index (κ2) is 6.21. The smallest absolute Gasteiger partial charge is 0.245 e. The normalized spacial score (nSPS) is 24.1. The average Bonchev–Trinajstić information content (AvgIpc) is 3.28. The lowest BCUT2D eigenvalue weighted by Gasteiger charge is -2.39. The Morgan fingerprint density at radius 1 is 1.16 bits per heavy atom. The molecule has 5 heteroatoms. The maximum atomic E-state index is 12.8. The number of benzene rings is 1. The lowest BCUT2D eigenvalue weighted by Crippen LogP contribution is -2.48. The number of fused-ring (bicyclic) bond motifs is 2. The molecule has 0 aliphatic carbocycles. The summed E-state index contributed by atoms with van der Waals surface area (Å²) in [6, 6.07) is 8.27. The van der Waals surface area contributed by atoms with Crippen LogP contribution in [0.25, 0.3) is 0 Å². The highest BCUT2D eigenvalue weighted by Gasteiger charge is 2.44. The minimum absolute atomic E-state index is 0.0634. The van der Waals surface area contributed by atoms with Crippen LogP contribution in [0.15, 0.2) is 36.9 Å². The van der Waals surface area contributed by atoms with Crippen molar-refractivity contribution in [2.45, 2.75) is 24.7 Å². The first-order valence-corrected chi connectivity index (χ1v) is 9.05. The fourth-order valence-corrected chi connectivity index (χ4v) is 4.44. The molecule has 2 saturated heterocycles. The number of amides is 2. The highest BCUT2D eigenvalue weighted by Crippen LogP contribution is 2.45. The van der Waals surface area contributed by atoms with Crippen molar-refractivity contribution >= 4 is 11.8 Å². The van der Waals surface area contributed by atoms with E-state index in [1.54, 1.807) is 4.90 Å². The van der Waals surface area contributed by atoms with E-state index in [0.717, 1.165) is 44.7 Å². The van der Waals surface area contributed by atoms with Crippen LogP contribution in [0, 0.1) is 5.92 Å². The van der Waals surface area contributed by atoms with E-state index >= 15 is 0 Å². The Bertz CT molecular complexity index is 707. The van der Waals surface area contributed by atoms with Gasteiger partial charge in [-0.05, 0) is 31.4 Å². The Hall–Kier alpha value is -2.30. The molecule has 0 radical (unpaired) electrons. The van der Waals surface area contributed by atoms with E-state index in [9.17, 15) is 9.59 Å².